The molecule has 3 heterocycles. The third kappa shape index (κ3) is 6.98. The lowest BCUT2D eigenvalue weighted by atomic mass is 9.99. The molecule has 2 fully saturated rings. The van der Waals surface area contributed by atoms with Crippen molar-refractivity contribution in [2.75, 3.05) is 50.7 Å². The third-order valence-corrected chi connectivity index (χ3v) is 7.32. The second-order valence-electron chi connectivity index (χ2n) is 9.66. The van der Waals surface area contributed by atoms with E-state index < -0.39 is 11.9 Å². The Kier molecular flexibility index (Phi) is 8.39. The second kappa shape index (κ2) is 11.3. The molecule has 35 heavy (non-hydrogen) atoms. The number of aliphatic imine (C=N–C) groups is 1. The van der Waals surface area contributed by atoms with Crippen molar-refractivity contribution in [1.29, 1.82) is 0 Å². The van der Waals surface area contributed by atoms with E-state index in [4.69, 9.17) is 11.6 Å². The summed E-state index contributed by atoms with van der Waals surface area (Å²) in [6, 6.07) is 7.61. The number of likely N-dealkylation sites (tertiary alicyclic amines) is 1. The van der Waals surface area contributed by atoms with Crippen LogP contribution in [0.5, 0.6) is 0 Å². The zero-order valence-corrected chi connectivity index (χ0v) is 20.7. The van der Waals surface area contributed by atoms with Gasteiger partial charge in [-0.3, -0.25) is 14.7 Å². The SMILES string of the molecule is CC(CN1CCN(c2ccc(Cl)cc2)CC1)C(=O)N1CCC(NC2C=CN=C(C(F)(F)F)C2)CC1. The van der Waals surface area contributed by atoms with Crippen LogP contribution in [0.1, 0.15) is 26.2 Å². The van der Waals surface area contributed by atoms with E-state index >= 15 is 0 Å². The Morgan fingerprint density at radius 2 is 1.77 bits per heavy atom. The van der Waals surface area contributed by atoms with Crippen molar-refractivity contribution in [3.05, 3.63) is 41.6 Å². The highest BCUT2D eigenvalue weighted by Gasteiger charge is 2.38. The maximum atomic E-state index is 13.0. The molecule has 4 rings (SSSR count). The molecule has 1 aromatic rings. The number of halogens is 4. The van der Waals surface area contributed by atoms with Gasteiger partial charge in [0.1, 0.15) is 5.71 Å². The van der Waals surface area contributed by atoms with Crippen LogP contribution in [0.2, 0.25) is 5.02 Å². The maximum Gasteiger partial charge on any atom is 0.429 e. The standard InChI is InChI=1S/C25H33ClF3N5O/c1-18(17-32-12-14-33(15-13-32)22-4-2-19(26)3-5-22)24(35)34-10-7-20(8-11-34)31-21-6-9-30-23(16-21)25(27,28)29/h2-6,9,18,20-21,31H,7-8,10-17H2,1H3. The van der Waals surface area contributed by atoms with Gasteiger partial charge in [0, 0.05) is 87.1 Å². The molecule has 2 atom stereocenters. The van der Waals surface area contributed by atoms with Crippen molar-refractivity contribution in [3.63, 3.8) is 0 Å². The molecular formula is C25H33ClF3N5O. The van der Waals surface area contributed by atoms with Crippen LogP contribution in [0.4, 0.5) is 18.9 Å². The summed E-state index contributed by atoms with van der Waals surface area (Å²) in [5.41, 5.74) is 0.424. The number of piperidine rings is 1. The lowest BCUT2D eigenvalue weighted by molar-refractivity contribution is -0.136. The summed E-state index contributed by atoms with van der Waals surface area (Å²) in [6.45, 7) is 7.62. The Balaban J connectivity index is 1.17. The molecule has 3 aliphatic rings. The number of carbonyl (C=O) groups excluding carboxylic acids is 1. The van der Waals surface area contributed by atoms with Gasteiger partial charge in [-0.2, -0.15) is 13.2 Å². The van der Waals surface area contributed by atoms with Gasteiger partial charge in [-0.15, -0.1) is 0 Å². The highest BCUT2D eigenvalue weighted by molar-refractivity contribution is 6.30. The Morgan fingerprint density at radius 3 is 2.40 bits per heavy atom. The molecule has 1 amide bonds. The predicted molar refractivity (Wildman–Crippen MR) is 133 cm³/mol. The lowest BCUT2D eigenvalue weighted by Crippen LogP contribution is -2.52. The molecule has 10 heteroatoms. The molecule has 0 radical (unpaired) electrons. The Labute approximate surface area is 209 Å². The van der Waals surface area contributed by atoms with Crippen LogP contribution < -0.4 is 10.2 Å². The lowest BCUT2D eigenvalue weighted by Gasteiger charge is -2.39. The van der Waals surface area contributed by atoms with E-state index in [0.29, 0.717) is 13.1 Å². The summed E-state index contributed by atoms with van der Waals surface area (Å²) in [6.07, 6.45) is -0.149. The quantitative estimate of drug-likeness (QED) is 0.628. The average molecular weight is 512 g/mol. The van der Waals surface area contributed by atoms with E-state index in [0.717, 1.165) is 50.6 Å². The van der Waals surface area contributed by atoms with Crippen molar-refractivity contribution >= 4 is 28.9 Å². The number of amides is 1. The Bertz CT molecular complexity index is 920. The van der Waals surface area contributed by atoms with Crippen molar-refractivity contribution in [3.8, 4) is 0 Å². The van der Waals surface area contributed by atoms with E-state index in [-0.39, 0.29) is 30.3 Å². The molecule has 0 bridgehead atoms. The van der Waals surface area contributed by atoms with E-state index in [2.05, 4.69) is 20.1 Å². The number of anilines is 1. The molecule has 3 aliphatic heterocycles. The summed E-state index contributed by atoms with van der Waals surface area (Å²) < 4.78 is 38.8. The molecule has 1 N–H and O–H groups in total. The zero-order valence-electron chi connectivity index (χ0n) is 20.0. The number of hydrogen-bond acceptors (Lipinski definition) is 5. The molecule has 0 aromatic heterocycles. The number of alkyl halides is 3. The van der Waals surface area contributed by atoms with Crippen molar-refractivity contribution in [2.45, 2.75) is 44.4 Å². The maximum absolute atomic E-state index is 13.0. The smallest absolute Gasteiger partial charge is 0.369 e. The van der Waals surface area contributed by atoms with Crippen LogP contribution in [-0.4, -0.2) is 85.5 Å². The molecule has 192 valence electrons. The number of rotatable bonds is 6. The van der Waals surface area contributed by atoms with Crippen molar-refractivity contribution < 1.29 is 18.0 Å². The molecule has 2 unspecified atom stereocenters. The van der Waals surface area contributed by atoms with Gasteiger partial charge in [-0.1, -0.05) is 18.5 Å². The first-order valence-corrected chi connectivity index (χ1v) is 12.6. The summed E-state index contributed by atoms with van der Waals surface area (Å²) in [5, 5.41) is 4.04. The van der Waals surface area contributed by atoms with Crippen LogP contribution in [0.3, 0.4) is 0 Å². The summed E-state index contributed by atoms with van der Waals surface area (Å²) in [7, 11) is 0. The summed E-state index contributed by atoms with van der Waals surface area (Å²) in [5.74, 6) is 0.0704. The predicted octanol–water partition coefficient (Wildman–Crippen LogP) is 3.97. The minimum Gasteiger partial charge on any atom is -0.369 e. The normalized spacial score (nSPS) is 23.3. The van der Waals surface area contributed by atoms with Gasteiger partial charge in [0.05, 0.1) is 0 Å². The van der Waals surface area contributed by atoms with Gasteiger partial charge in [0.25, 0.3) is 0 Å². The summed E-state index contributed by atoms with van der Waals surface area (Å²) in [4.78, 5) is 23.1. The van der Waals surface area contributed by atoms with Gasteiger partial charge in [-0.05, 0) is 43.2 Å². The highest BCUT2D eigenvalue weighted by Crippen LogP contribution is 2.24. The Morgan fingerprint density at radius 1 is 1.11 bits per heavy atom. The minimum atomic E-state index is -4.39. The van der Waals surface area contributed by atoms with Gasteiger partial charge < -0.3 is 15.1 Å². The topological polar surface area (TPSA) is 51.2 Å². The first-order valence-electron chi connectivity index (χ1n) is 12.3. The first-order chi connectivity index (χ1) is 16.7. The first kappa shape index (κ1) is 26.0. The number of hydrogen-bond donors (Lipinski definition) is 1. The van der Waals surface area contributed by atoms with Gasteiger partial charge in [-0.25, -0.2) is 0 Å². The molecule has 0 spiro atoms. The molecule has 0 saturated carbocycles. The van der Waals surface area contributed by atoms with Gasteiger partial charge in [0.2, 0.25) is 5.91 Å². The van der Waals surface area contributed by atoms with Crippen LogP contribution >= 0.6 is 11.6 Å². The molecule has 2 saturated heterocycles. The number of benzene rings is 1. The third-order valence-electron chi connectivity index (χ3n) is 7.06. The molecular weight excluding hydrogens is 479 g/mol. The average Bonchev–Trinajstić information content (AvgIpc) is 2.85. The monoisotopic (exact) mass is 511 g/mol. The number of nitrogens with zero attached hydrogens (tertiary/aromatic N) is 4. The van der Waals surface area contributed by atoms with Gasteiger partial charge >= 0.3 is 6.18 Å². The van der Waals surface area contributed by atoms with E-state index in [1.54, 1.807) is 6.08 Å². The van der Waals surface area contributed by atoms with Crippen molar-refractivity contribution in [2.24, 2.45) is 10.9 Å². The van der Waals surface area contributed by atoms with E-state index in [9.17, 15) is 18.0 Å². The molecule has 1 aromatic carbocycles. The fourth-order valence-corrected chi connectivity index (χ4v) is 5.18. The summed E-state index contributed by atoms with van der Waals surface area (Å²) >= 11 is 5.99. The zero-order chi connectivity index (χ0) is 25.0. The van der Waals surface area contributed by atoms with E-state index in [1.165, 1.54) is 11.9 Å². The largest absolute Gasteiger partial charge is 0.429 e. The van der Waals surface area contributed by atoms with Crippen LogP contribution in [0, 0.1) is 5.92 Å². The van der Waals surface area contributed by atoms with E-state index in [1.807, 2.05) is 36.1 Å². The van der Waals surface area contributed by atoms with Crippen LogP contribution in [0.25, 0.3) is 0 Å². The van der Waals surface area contributed by atoms with Crippen LogP contribution in [0.15, 0.2) is 41.5 Å². The fraction of sp³-hybridized carbons (Fsp3) is 0.600. The molecule has 6 nitrogen and oxygen atoms in total. The molecule has 0 aliphatic carbocycles. The van der Waals surface area contributed by atoms with Crippen LogP contribution in [-0.2, 0) is 4.79 Å². The van der Waals surface area contributed by atoms with Crippen molar-refractivity contribution in [1.82, 2.24) is 15.1 Å². The fourth-order valence-electron chi connectivity index (χ4n) is 5.06. The van der Waals surface area contributed by atoms with Gasteiger partial charge in [0.15, 0.2) is 0 Å². The second-order valence-corrected chi connectivity index (χ2v) is 10.1. The number of carbonyl (C=O) groups is 1. The number of nitrogens with one attached hydrogen (secondary N) is 1. The number of piperazine rings is 1. The minimum absolute atomic E-state index is 0.0894. The Hall–Kier alpha value is -2.10. The highest BCUT2D eigenvalue weighted by atomic mass is 35.5.